The van der Waals surface area contributed by atoms with Crippen molar-refractivity contribution < 1.29 is 36.0 Å². The van der Waals surface area contributed by atoms with Crippen LogP contribution in [0.1, 0.15) is 16.8 Å². The summed E-state index contributed by atoms with van der Waals surface area (Å²) >= 11 is 0. The fraction of sp³-hybridized carbons (Fsp3) is 0.257. The maximum absolute atomic E-state index is 9.53. The SMILES string of the molecule is Cc1cccc(-c2ccn(-c3cc(N4CCOCC4)n4nc(-c5cc(C)n(CO)n5)cc4n3)n2)c1.NC(O)Cc1c[nH]c2ccccc12.[W]. The van der Waals surface area contributed by atoms with Gasteiger partial charge in [-0.2, -0.15) is 19.8 Å². The topological polar surface area (TPSA) is 161 Å². The summed E-state index contributed by atoms with van der Waals surface area (Å²) in [6, 6.07) is 24.1. The summed E-state index contributed by atoms with van der Waals surface area (Å²) in [6.45, 7) is 6.65. The fourth-order valence-corrected chi connectivity index (χ4v) is 5.92. The predicted octanol–water partition coefficient (Wildman–Crippen LogP) is 3.83. The first-order chi connectivity index (χ1) is 23.4. The standard InChI is InChI=1S/C25H26N8O2.C10H12N2O.W/c1-17-4-3-5-19(12-17)20-6-7-31(27-20)23-15-25(30-8-10-35-11-9-30)33-24(26-23)14-22(29-33)21-13-18(2)32(16-34)28-21;11-10(13)5-7-6-12-9-4-2-1-3-8(7)9;/h3-7,12-15,34H,8-11,16H2,1-2H3;1-4,6,10,12-13H,5,11H2;. The van der Waals surface area contributed by atoms with E-state index in [9.17, 15) is 5.11 Å². The summed E-state index contributed by atoms with van der Waals surface area (Å²) in [5, 5.41) is 33.8. The molecule has 1 unspecified atom stereocenters. The van der Waals surface area contributed by atoms with E-state index in [0.717, 1.165) is 52.3 Å². The second-order valence-electron chi connectivity index (χ2n) is 11.8. The van der Waals surface area contributed by atoms with Gasteiger partial charge in [-0.25, -0.2) is 14.3 Å². The van der Waals surface area contributed by atoms with Crippen LogP contribution in [0.3, 0.4) is 0 Å². The number of hydrogen-bond acceptors (Lipinski definition) is 9. The maximum Gasteiger partial charge on any atom is 0.160 e. The molecule has 1 atom stereocenters. The Bertz CT molecular complexity index is 2180. The second-order valence-corrected chi connectivity index (χ2v) is 11.8. The summed E-state index contributed by atoms with van der Waals surface area (Å²) in [5.74, 6) is 1.63. The molecule has 8 rings (SSSR count). The number of fused-ring (bicyclic) bond motifs is 2. The monoisotopic (exact) mass is 830 g/mol. The summed E-state index contributed by atoms with van der Waals surface area (Å²) in [5.41, 5.74) is 13.6. The quantitative estimate of drug-likeness (QED) is 0.175. The number of morpholine rings is 1. The van der Waals surface area contributed by atoms with Crippen molar-refractivity contribution in [1.29, 1.82) is 0 Å². The summed E-state index contributed by atoms with van der Waals surface area (Å²) < 4.78 is 10.8. The van der Waals surface area contributed by atoms with Gasteiger partial charge in [0.2, 0.25) is 0 Å². The number of ether oxygens (including phenoxy) is 1. The van der Waals surface area contributed by atoms with Crippen molar-refractivity contribution in [3.8, 4) is 28.5 Å². The number of aryl methyl sites for hydroxylation is 2. The molecule has 0 radical (unpaired) electrons. The number of para-hydroxylation sites is 1. The number of nitrogens with two attached hydrogens (primary N) is 1. The van der Waals surface area contributed by atoms with Crippen molar-refractivity contribution in [1.82, 2.24) is 39.1 Å². The van der Waals surface area contributed by atoms with E-state index >= 15 is 0 Å². The maximum atomic E-state index is 9.53. The van der Waals surface area contributed by atoms with Gasteiger partial charge in [-0.15, -0.1) is 0 Å². The van der Waals surface area contributed by atoms with Crippen molar-refractivity contribution >= 4 is 22.4 Å². The number of benzene rings is 2. The van der Waals surface area contributed by atoms with Crippen LogP contribution in [0.5, 0.6) is 0 Å². The molecule has 1 aliphatic heterocycles. The van der Waals surface area contributed by atoms with Gasteiger partial charge in [0.25, 0.3) is 0 Å². The number of nitrogens with one attached hydrogen (secondary N) is 1. The molecule has 14 heteroatoms. The number of aliphatic hydroxyl groups excluding tert-OH is 2. The fourth-order valence-electron chi connectivity index (χ4n) is 5.92. The molecule has 13 nitrogen and oxygen atoms in total. The molecule has 252 valence electrons. The smallest absolute Gasteiger partial charge is 0.160 e. The normalized spacial score (nSPS) is 13.7. The molecule has 0 amide bonds. The van der Waals surface area contributed by atoms with E-state index in [4.69, 9.17) is 30.8 Å². The molecule has 2 aromatic carbocycles. The molecule has 0 bridgehead atoms. The van der Waals surface area contributed by atoms with E-state index < -0.39 is 6.23 Å². The third-order valence-electron chi connectivity index (χ3n) is 8.35. The van der Waals surface area contributed by atoms with E-state index in [2.05, 4.69) is 40.1 Å². The Morgan fingerprint density at radius 2 is 1.71 bits per heavy atom. The Kier molecular flexibility index (Phi) is 10.4. The van der Waals surface area contributed by atoms with Gasteiger partial charge in [-0.3, -0.25) is 0 Å². The van der Waals surface area contributed by atoms with Gasteiger partial charge in [0.15, 0.2) is 11.5 Å². The Balaban J connectivity index is 0.000000250. The van der Waals surface area contributed by atoms with Gasteiger partial charge in [0.1, 0.15) is 30.2 Å². The predicted molar refractivity (Wildman–Crippen MR) is 184 cm³/mol. The van der Waals surface area contributed by atoms with Crippen LogP contribution in [-0.2, 0) is 39.0 Å². The molecule has 5 aromatic heterocycles. The molecular weight excluding hydrogens is 792 g/mol. The molecule has 0 saturated carbocycles. The average molecular weight is 831 g/mol. The summed E-state index contributed by atoms with van der Waals surface area (Å²) in [4.78, 5) is 10.3. The third-order valence-corrected chi connectivity index (χ3v) is 8.35. The molecule has 1 saturated heterocycles. The Labute approximate surface area is 297 Å². The largest absolute Gasteiger partial charge is 0.378 e. The van der Waals surface area contributed by atoms with E-state index in [-0.39, 0.29) is 27.8 Å². The second kappa shape index (κ2) is 14.9. The van der Waals surface area contributed by atoms with Crippen LogP contribution in [0.15, 0.2) is 85.2 Å². The van der Waals surface area contributed by atoms with Crippen LogP contribution in [0.4, 0.5) is 5.82 Å². The minimum atomic E-state index is -0.779. The van der Waals surface area contributed by atoms with Crippen LogP contribution in [0, 0.1) is 13.8 Å². The zero-order valence-corrected chi connectivity index (χ0v) is 30.2. The molecular formula is C35H38N10O3W. The van der Waals surface area contributed by atoms with Crippen LogP contribution < -0.4 is 10.6 Å². The molecule has 0 spiro atoms. The van der Waals surface area contributed by atoms with Gasteiger partial charge >= 0.3 is 0 Å². The Morgan fingerprint density at radius 1 is 0.918 bits per heavy atom. The first-order valence-corrected chi connectivity index (χ1v) is 15.9. The van der Waals surface area contributed by atoms with Crippen LogP contribution in [0.25, 0.3) is 45.0 Å². The number of aromatic amines is 1. The average Bonchev–Trinajstić information content (AvgIpc) is 3.91. The Hall–Kier alpha value is -4.65. The van der Waals surface area contributed by atoms with E-state index in [1.165, 1.54) is 10.2 Å². The number of hydrogen-bond donors (Lipinski definition) is 4. The number of aliphatic hydroxyl groups is 2. The van der Waals surface area contributed by atoms with Crippen molar-refractivity contribution in [3.05, 3.63) is 102 Å². The van der Waals surface area contributed by atoms with Gasteiger partial charge in [-0.1, -0.05) is 42.0 Å². The van der Waals surface area contributed by atoms with Crippen LogP contribution in [0.2, 0.25) is 0 Å². The number of H-pyrrole nitrogens is 1. The minimum absolute atomic E-state index is 0. The van der Waals surface area contributed by atoms with Gasteiger partial charge in [-0.05, 0) is 43.7 Å². The molecule has 5 N–H and O–H groups in total. The third kappa shape index (κ3) is 7.36. The van der Waals surface area contributed by atoms with Crippen molar-refractivity contribution in [2.75, 3.05) is 31.2 Å². The Morgan fingerprint density at radius 3 is 2.47 bits per heavy atom. The molecule has 7 aromatic rings. The first-order valence-electron chi connectivity index (χ1n) is 15.9. The molecule has 6 heterocycles. The number of anilines is 1. The van der Waals surface area contributed by atoms with Crippen molar-refractivity contribution in [2.24, 2.45) is 5.73 Å². The zero-order valence-electron chi connectivity index (χ0n) is 27.3. The zero-order chi connectivity index (χ0) is 33.2. The van der Waals surface area contributed by atoms with Gasteiger partial charge < -0.3 is 30.6 Å². The molecule has 49 heavy (non-hydrogen) atoms. The molecule has 0 aliphatic carbocycles. The van der Waals surface area contributed by atoms with Crippen LogP contribution in [-0.4, -0.2) is 81.9 Å². The number of nitrogens with zero attached hydrogens (tertiary/aromatic N) is 8. The van der Waals surface area contributed by atoms with Crippen molar-refractivity contribution in [3.63, 3.8) is 0 Å². The van der Waals surface area contributed by atoms with Gasteiger partial charge in [0.05, 0.1) is 18.9 Å². The molecule has 1 aliphatic rings. The number of aromatic nitrogens is 8. The van der Waals surface area contributed by atoms with E-state index in [0.29, 0.717) is 42.5 Å². The minimum Gasteiger partial charge on any atom is -0.378 e. The van der Waals surface area contributed by atoms with Gasteiger partial charge in [0, 0.05) is 87.3 Å². The number of rotatable bonds is 7. The first kappa shape index (κ1) is 34.2. The molecule has 1 fully saturated rings. The summed E-state index contributed by atoms with van der Waals surface area (Å²) in [6.07, 6.45) is 3.53. The van der Waals surface area contributed by atoms with E-state index in [1.807, 2.05) is 78.4 Å². The van der Waals surface area contributed by atoms with E-state index in [1.54, 1.807) is 4.68 Å². The summed E-state index contributed by atoms with van der Waals surface area (Å²) in [7, 11) is 0. The van der Waals surface area contributed by atoms with Crippen LogP contribution >= 0.6 is 0 Å². The van der Waals surface area contributed by atoms with Crippen molar-refractivity contribution in [2.45, 2.75) is 33.2 Å².